The van der Waals surface area contributed by atoms with Gasteiger partial charge in [0.05, 0.1) is 11.4 Å². The van der Waals surface area contributed by atoms with Crippen molar-refractivity contribution in [3.63, 3.8) is 0 Å². The number of thioether (sulfide) groups is 2. The molecular formula is C18H17N5OS2. The summed E-state index contributed by atoms with van der Waals surface area (Å²) in [5.41, 5.74) is 1.22. The third-order valence-electron chi connectivity index (χ3n) is 4.42. The van der Waals surface area contributed by atoms with Gasteiger partial charge in [-0.15, -0.1) is 10.2 Å². The highest BCUT2D eigenvalue weighted by molar-refractivity contribution is 8.03. The first-order valence-electron chi connectivity index (χ1n) is 8.32. The van der Waals surface area contributed by atoms with E-state index in [0.29, 0.717) is 11.1 Å². The average molecular weight is 384 g/mol. The lowest BCUT2D eigenvalue weighted by molar-refractivity contribution is -0.112. The SMILES string of the molecule is Cc1nnc(SCC(=O)/C(C#N)=C2/Sc3ccccc3N2C)n1C1CC1. The van der Waals surface area contributed by atoms with Gasteiger partial charge in [0.15, 0.2) is 10.9 Å². The van der Waals surface area contributed by atoms with E-state index in [-0.39, 0.29) is 17.1 Å². The van der Waals surface area contributed by atoms with Crippen molar-refractivity contribution in [3.05, 3.63) is 40.7 Å². The van der Waals surface area contributed by atoms with Crippen LogP contribution in [0.4, 0.5) is 5.69 Å². The van der Waals surface area contributed by atoms with Gasteiger partial charge in [0, 0.05) is 18.0 Å². The number of nitrogens with zero attached hydrogens (tertiary/aromatic N) is 5. The van der Waals surface area contributed by atoms with E-state index < -0.39 is 0 Å². The lowest BCUT2D eigenvalue weighted by atomic mass is 10.2. The van der Waals surface area contributed by atoms with Crippen LogP contribution in [0.3, 0.4) is 0 Å². The Morgan fingerprint density at radius 2 is 2.15 bits per heavy atom. The fourth-order valence-electron chi connectivity index (χ4n) is 2.95. The van der Waals surface area contributed by atoms with Crippen molar-refractivity contribution < 1.29 is 4.79 Å². The van der Waals surface area contributed by atoms with Crippen LogP contribution >= 0.6 is 23.5 Å². The first-order chi connectivity index (χ1) is 12.6. The smallest absolute Gasteiger partial charge is 0.191 e. The number of anilines is 1. The van der Waals surface area contributed by atoms with E-state index in [1.807, 2.05) is 43.1 Å². The molecule has 26 heavy (non-hydrogen) atoms. The molecule has 1 saturated carbocycles. The van der Waals surface area contributed by atoms with Gasteiger partial charge in [0.25, 0.3) is 0 Å². The maximum Gasteiger partial charge on any atom is 0.191 e. The van der Waals surface area contributed by atoms with Gasteiger partial charge in [-0.25, -0.2) is 0 Å². The number of ketones is 1. The van der Waals surface area contributed by atoms with E-state index in [4.69, 9.17) is 0 Å². The summed E-state index contributed by atoms with van der Waals surface area (Å²) in [6.07, 6.45) is 2.27. The number of carbonyl (C=O) groups excluding carboxylic acids is 1. The van der Waals surface area contributed by atoms with Crippen molar-refractivity contribution in [1.82, 2.24) is 14.8 Å². The number of para-hydroxylation sites is 1. The average Bonchev–Trinajstić information content (AvgIpc) is 3.34. The largest absolute Gasteiger partial charge is 0.337 e. The predicted molar refractivity (Wildman–Crippen MR) is 102 cm³/mol. The summed E-state index contributed by atoms with van der Waals surface area (Å²) in [7, 11) is 1.89. The van der Waals surface area contributed by atoms with E-state index in [0.717, 1.165) is 34.4 Å². The Balaban J connectivity index is 1.53. The van der Waals surface area contributed by atoms with Crippen LogP contribution in [0.5, 0.6) is 0 Å². The molecule has 4 rings (SSSR count). The predicted octanol–water partition coefficient (Wildman–Crippen LogP) is 3.56. The van der Waals surface area contributed by atoms with Crippen LogP contribution in [0.15, 0.2) is 44.9 Å². The lowest BCUT2D eigenvalue weighted by Crippen LogP contribution is -2.16. The number of benzene rings is 1. The monoisotopic (exact) mass is 383 g/mol. The molecule has 0 unspecified atom stereocenters. The number of hydrogen-bond acceptors (Lipinski definition) is 7. The van der Waals surface area contributed by atoms with E-state index in [1.54, 1.807) is 0 Å². The molecule has 132 valence electrons. The molecule has 0 bridgehead atoms. The molecule has 2 heterocycles. The van der Waals surface area contributed by atoms with Crippen LogP contribution in [-0.4, -0.2) is 33.3 Å². The van der Waals surface area contributed by atoms with Crippen molar-refractivity contribution in [3.8, 4) is 6.07 Å². The Hall–Kier alpha value is -2.24. The molecule has 0 N–H and O–H groups in total. The third-order valence-corrected chi connectivity index (χ3v) is 6.60. The quantitative estimate of drug-likeness (QED) is 0.444. The maximum absolute atomic E-state index is 12.7. The standard InChI is InChI=1S/C18H17N5OS2/c1-11-20-21-18(23(11)12-7-8-12)25-10-15(24)13(9-19)17-22(2)14-5-3-4-6-16(14)26-17/h3-6,12H,7-8,10H2,1-2H3/b17-13+. The molecule has 6 nitrogen and oxygen atoms in total. The van der Waals surface area contributed by atoms with Crippen LogP contribution in [0, 0.1) is 18.3 Å². The van der Waals surface area contributed by atoms with Crippen LogP contribution < -0.4 is 4.90 Å². The van der Waals surface area contributed by atoms with Gasteiger partial charge in [-0.05, 0) is 31.9 Å². The molecule has 1 aliphatic heterocycles. The zero-order valence-electron chi connectivity index (χ0n) is 14.5. The summed E-state index contributed by atoms with van der Waals surface area (Å²) in [4.78, 5) is 15.7. The van der Waals surface area contributed by atoms with Crippen molar-refractivity contribution in [2.75, 3.05) is 17.7 Å². The van der Waals surface area contributed by atoms with E-state index >= 15 is 0 Å². The normalized spacial score (nSPS) is 17.8. The molecule has 1 aliphatic carbocycles. The minimum atomic E-state index is -0.178. The van der Waals surface area contributed by atoms with Crippen LogP contribution in [0.25, 0.3) is 0 Å². The molecule has 8 heteroatoms. The summed E-state index contributed by atoms with van der Waals surface area (Å²) in [5, 5.41) is 19.4. The molecule has 2 aromatic rings. The number of allylic oxidation sites excluding steroid dienone is 1. The minimum absolute atomic E-state index is 0.178. The fourth-order valence-corrected chi connectivity index (χ4v) is 5.04. The van der Waals surface area contributed by atoms with E-state index in [2.05, 4.69) is 20.8 Å². The summed E-state index contributed by atoms with van der Waals surface area (Å²) in [6.45, 7) is 1.93. The second kappa shape index (κ2) is 6.82. The number of fused-ring (bicyclic) bond motifs is 1. The Morgan fingerprint density at radius 1 is 1.38 bits per heavy atom. The van der Waals surface area contributed by atoms with Gasteiger partial charge in [-0.1, -0.05) is 35.7 Å². The molecule has 1 aromatic carbocycles. The molecule has 0 amide bonds. The number of carbonyl (C=O) groups is 1. The minimum Gasteiger partial charge on any atom is -0.337 e. The second-order valence-electron chi connectivity index (χ2n) is 6.26. The summed E-state index contributed by atoms with van der Waals surface area (Å²) >= 11 is 2.83. The Bertz CT molecular complexity index is 955. The summed E-state index contributed by atoms with van der Waals surface area (Å²) in [5.74, 6) is 0.882. The number of aromatic nitrogens is 3. The van der Waals surface area contributed by atoms with Gasteiger partial charge in [0.1, 0.15) is 22.5 Å². The van der Waals surface area contributed by atoms with Crippen molar-refractivity contribution in [2.45, 2.75) is 35.9 Å². The summed E-state index contributed by atoms with van der Waals surface area (Å²) in [6, 6.07) is 10.5. The number of nitriles is 1. The van der Waals surface area contributed by atoms with Gasteiger partial charge in [-0.2, -0.15) is 5.26 Å². The number of rotatable bonds is 5. The van der Waals surface area contributed by atoms with Crippen LogP contribution in [-0.2, 0) is 4.79 Å². The maximum atomic E-state index is 12.7. The summed E-state index contributed by atoms with van der Waals surface area (Å²) < 4.78 is 2.10. The van der Waals surface area contributed by atoms with Gasteiger partial charge in [0.2, 0.25) is 0 Å². The number of Topliss-reactive ketones (excluding diaryl/α,β-unsaturated/α-hetero) is 1. The molecule has 1 fully saturated rings. The fraction of sp³-hybridized carbons (Fsp3) is 0.333. The van der Waals surface area contributed by atoms with Gasteiger partial charge < -0.3 is 9.47 Å². The molecule has 0 saturated heterocycles. The zero-order chi connectivity index (χ0) is 18.3. The van der Waals surface area contributed by atoms with E-state index in [9.17, 15) is 10.1 Å². The Labute approximate surface area is 160 Å². The van der Waals surface area contributed by atoms with Gasteiger partial charge in [-0.3, -0.25) is 4.79 Å². The highest BCUT2D eigenvalue weighted by atomic mass is 32.2. The molecule has 2 aliphatic rings. The van der Waals surface area contributed by atoms with Crippen molar-refractivity contribution in [1.29, 1.82) is 5.26 Å². The lowest BCUT2D eigenvalue weighted by Gasteiger charge is -2.14. The first-order valence-corrected chi connectivity index (χ1v) is 10.1. The molecule has 0 spiro atoms. The van der Waals surface area contributed by atoms with Crippen molar-refractivity contribution in [2.24, 2.45) is 0 Å². The highest BCUT2D eigenvalue weighted by Gasteiger charge is 2.30. The highest BCUT2D eigenvalue weighted by Crippen LogP contribution is 2.46. The Kier molecular flexibility index (Phi) is 4.51. The van der Waals surface area contributed by atoms with E-state index in [1.165, 1.54) is 23.5 Å². The van der Waals surface area contributed by atoms with Crippen molar-refractivity contribution >= 4 is 35.0 Å². The number of aryl methyl sites for hydroxylation is 1. The second-order valence-corrected chi connectivity index (χ2v) is 8.24. The van der Waals surface area contributed by atoms with Crippen LogP contribution in [0.1, 0.15) is 24.7 Å². The zero-order valence-corrected chi connectivity index (χ0v) is 16.1. The van der Waals surface area contributed by atoms with Crippen LogP contribution in [0.2, 0.25) is 0 Å². The topological polar surface area (TPSA) is 74.8 Å². The molecule has 1 aromatic heterocycles. The Morgan fingerprint density at radius 3 is 2.85 bits per heavy atom. The first kappa shape index (κ1) is 17.2. The third kappa shape index (κ3) is 3.02. The molecule has 0 atom stereocenters. The van der Waals surface area contributed by atoms with Gasteiger partial charge >= 0.3 is 0 Å². The molecular weight excluding hydrogens is 366 g/mol. The number of hydrogen-bond donors (Lipinski definition) is 0. The molecule has 0 radical (unpaired) electrons.